The van der Waals surface area contributed by atoms with E-state index < -0.39 is 5.97 Å². The first-order chi connectivity index (χ1) is 8.13. The minimum atomic E-state index is -0.992. The summed E-state index contributed by atoms with van der Waals surface area (Å²) in [7, 11) is 0. The zero-order chi connectivity index (χ0) is 12.4. The summed E-state index contributed by atoms with van der Waals surface area (Å²) in [6.07, 6.45) is 0.742. The monoisotopic (exact) mass is 229 g/mol. The number of hydrogen-bond donors (Lipinski definition) is 1. The number of rotatable bonds is 1. The van der Waals surface area contributed by atoms with Crippen molar-refractivity contribution in [1.82, 2.24) is 0 Å². The van der Waals surface area contributed by atoms with Crippen LogP contribution in [0.4, 0.5) is 5.69 Å². The van der Waals surface area contributed by atoms with Gasteiger partial charge >= 0.3 is 11.9 Å². The van der Waals surface area contributed by atoms with Gasteiger partial charge in [-0.05, 0) is 37.0 Å². The van der Waals surface area contributed by atoms with Crippen molar-refractivity contribution < 1.29 is 14.7 Å². The predicted octanol–water partition coefficient (Wildman–Crippen LogP) is 1.30. The van der Waals surface area contributed by atoms with Crippen molar-refractivity contribution in [2.75, 3.05) is 11.4 Å². The van der Waals surface area contributed by atoms with Crippen molar-refractivity contribution >= 4 is 17.6 Å². The number of carbonyl (C=O) groups is 2. The molecule has 1 aliphatic heterocycles. The van der Waals surface area contributed by atoms with Gasteiger partial charge in [-0.2, -0.15) is 0 Å². The first-order valence-electron chi connectivity index (χ1n) is 5.24. The van der Waals surface area contributed by atoms with Crippen molar-refractivity contribution in [1.29, 1.82) is 0 Å². The van der Waals surface area contributed by atoms with Crippen LogP contribution in [0.2, 0.25) is 0 Å². The highest BCUT2D eigenvalue weighted by atomic mass is 16.4. The van der Waals surface area contributed by atoms with Gasteiger partial charge in [0, 0.05) is 12.2 Å². The molecule has 0 aromatic heterocycles. The third-order valence-corrected chi connectivity index (χ3v) is 2.70. The molecule has 4 heteroatoms. The van der Waals surface area contributed by atoms with Gasteiger partial charge < -0.3 is 10.0 Å². The molecule has 0 bridgehead atoms. The van der Waals surface area contributed by atoms with Crippen molar-refractivity contribution in [3.63, 3.8) is 0 Å². The van der Waals surface area contributed by atoms with Gasteiger partial charge in [0.15, 0.2) is 0 Å². The van der Waals surface area contributed by atoms with E-state index in [-0.39, 0.29) is 11.5 Å². The third kappa shape index (κ3) is 2.00. The molecular weight excluding hydrogens is 218 g/mol. The lowest BCUT2D eigenvalue weighted by Crippen LogP contribution is -2.27. The van der Waals surface area contributed by atoms with E-state index in [1.807, 2.05) is 0 Å². The van der Waals surface area contributed by atoms with Gasteiger partial charge in [0.1, 0.15) is 0 Å². The number of fused-ring (bicyclic) bond motifs is 1. The maximum atomic E-state index is 11.7. The quantitative estimate of drug-likeness (QED) is 0.738. The van der Waals surface area contributed by atoms with Crippen molar-refractivity contribution in [2.24, 2.45) is 0 Å². The summed E-state index contributed by atoms with van der Waals surface area (Å²) in [5.41, 5.74) is 1.84. The van der Waals surface area contributed by atoms with Gasteiger partial charge in [0.2, 0.25) is 0 Å². The molecule has 1 aromatic rings. The van der Waals surface area contributed by atoms with Crippen LogP contribution >= 0.6 is 0 Å². The van der Waals surface area contributed by atoms with Gasteiger partial charge in [0.25, 0.3) is 0 Å². The first kappa shape index (κ1) is 11.2. The Kier molecular flexibility index (Phi) is 2.84. The van der Waals surface area contributed by atoms with E-state index in [1.54, 1.807) is 19.1 Å². The zero-order valence-corrected chi connectivity index (χ0v) is 9.36. The number of benzene rings is 1. The Morgan fingerprint density at radius 3 is 2.82 bits per heavy atom. The highest BCUT2D eigenvalue weighted by molar-refractivity contribution is 6.07. The number of carboxylic acids is 1. The van der Waals surface area contributed by atoms with Crippen molar-refractivity contribution in [2.45, 2.75) is 13.3 Å². The van der Waals surface area contributed by atoms with Crippen LogP contribution in [0.5, 0.6) is 0 Å². The molecule has 0 radical (unpaired) electrons. The van der Waals surface area contributed by atoms with E-state index in [9.17, 15) is 9.59 Å². The van der Waals surface area contributed by atoms with Crippen LogP contribution in [0.1, 0.15) is 22.8 Å². The molecule has 1 amide bonds. The van der Waals surface area contributed by atoms with Crippen LogP contribution in [0.3, 0.4) is 0 Å². The van der Waals surface area contributed by atoms with E-state index in [2.05, 4.69) is 11.8 Å². The van der Waals surface area contributed by atoms with Crippen LogP contribution in [0, 0.1) is 11.8 Å². The van der Waals surface area contributed by atoms with Gasteiger partial charge in [0.05, 0.1) is 5.56 Å². The molecule has 1 aliphatic rings. The molecule has 2 rings (SSSR count). The molecule has 17 heavy (non-hydrogen) atoms. The number of nitrogens with zero attached hydrogens (tertiary/aromatic N) is 1. The number of carbonyl (C=O) groups excluding carboxylic acids is 1. The molecule has 1 N–H and O–H groups in total. The minimum Gasteiger partial charge on any atom is -0.478 e. The molecular formula is C13H11NO3. The SMILES string of the molecule is CC#CC(=O)N1CCc2ccc(C(=O)O)cc21. The van der Waals surface area contributed by atoms with Gasteiger partial charge in [-0.3, -0.25) is 4.79 Å². The van der Waals surface area contributed by atoms with Crippen LogP contribution in [-0.2, 0) is 11.2 Å². The highest BCUT2D eigenvalue weighted by Gasteiger charge is 2.24. The van der Waals surface area contributed by atoms with Gasteiger partial charge in [-0.15, -0.1) is 0 Å². The van der Waals surface area contributed by atoms with E-state index >= 15 is 0 Å². The molecule has 1 heterocycles. The molecule has 0 aliphatic carbocycles. The summed E-state index contributed by atoms with van der Waals surface area (Å²) in [5.74, 6) is 3.75. The second-order valence-corrected chi connectivity index (χ2v) is 3.73. The van der Waals surface area contributed by atoms with E-state index in [0.717, 1.165) is 12.0 Å². The minimum absolute atomic E-state index is 0.188. The Balaban J connectivity index is 2.41. The Bertz CT molecular complexity index is 552. The second-order valence-electron chi connectivity index (χ2n) is 3.73. The fourth-order valence-electron chi connectivity index (χ4n) is 1.90. The molecule has 0 saturated heterocycles. The number of carboxylic acid groups (broad SMARTS) is 1. The zero-order valence-electron chi connectivity index (χ0n) is 9.36. The van der Waals surface area contributed by atoms with Crippen LogP contribution in [0.15, 0.2) is 18.2 Å². The molecule has 0 spiro atoms. The molecule has 0 atom stereocenters. The average Bonchev–Trinajstić information content (AvgIpc) is 2.71. The first-order valence-corrected chi connectivity index (χ1v) is 5.24. The summed E-state index contributed by atoms with van der Waals surface area (Å²) in [6, 6.07) is 4.84. The van der Waals surface area contributed by atoms with Crippen LogP contribution in [0.25, 0.3) is 0 Å². The number of aromatic carboxylic acids is 1. The number of hydrogen-bond acceptors (Lipinski definition) is 2. The normalized spacial score (nSPS) is 12.6. The van der Waals surface area contributed by atoms with Crippen molar-refractivity contribution in [3.8, 4) is 11.8 Å². The van der Waals surface area contributed by atoms with E-state index in [1.165, 1.54) is 11.0 Å². The van der Waals surface area contributed by atoms with Crippen molar-refractivity contribution in [3.05, 3.63) is 29.3 Å². The second kappa shape index (κ2) is 4.30. The summed E-state index contributed by atoms with van der Waals surface area (Å²) in [6.45, 7) is 2.16. The molecule has 0 saturated carbocycles. The molecule has 1 aromatic carbocycles. The third-order valence-electron chi connectivity index (χ3n) is 2.70. The topological polar surface area (TPSA) is 57.6 Å². The van der Waals surface area contributed by atoms with Crippen LogP contribution < -0.4 is 4.90 Å². The molecule has 0 unspecified atom stereocenters. The van der Waals surface area contributed by atoms with Gasteiger partial charge in [-0.25, -0.2) is 4.79 Å². The lowest BCUT2D eigenvalue weighted by atomic mass is 10.1. The summed E-state index contributed by atoms with van der Waals surface area (Å²) >= 11 is 0. The standard InChI is InChI=1S/C13H11NO3/c1-2-3-12(15)14-7-6-9-4-5-10(13(16)17)8-11(9)14/h4-5,8H,6-7H2,1H3,(H,16,17). The Morgan fingerprint density at radius 1 is 1.41 bits per heavy atom. The number of anilines is 1. The smallest absolute Gasteiger partial charge is 0.335 e. The highest BCUT2D eigenvalue weighted by Crippen LogP contribution is 2.29. The van der Waals surface area contributed by atoms with Crippen LogP contribution in [-0.4, -0.2) is 23.5 Å². The fourth-order valence-corrected chi connectivity index (χ4v) is 1.90. The Morgan fingerprint density at radius 2 is 2.18 bits per heavy atom. The molecule has 4 nitrogen and oxygen atoms in total. The maximum absolute atomic E-state index is 11.7. The Hall–Kier alpha value is -2.28. The average molecular weight is 229 g/mol. The molecule has 0 fully saturated rings. The fraction of sp³-hybridized carbons (Fsp3) is 0.231. The lowest BCUT2D eigenvalue weighted by molar-refractivity contribution is -0.113. The lowest BCUT2D eigenvalue weighted by Gasteiger charge is -2.13. The van der Waals surface area contributed by atoms with E-state index in [4.69, 9.17) is 5.11 Å². The summed E-state index contributed by atoms with van der Waals surface area (Å²) in [4.78, 5) is 24.1. The summed E-state index contributed by atoms with van der Waals surface area (Å²) < 4.78 is 0. The predicted molar refractivity (Wildman–Crippen MR) is 62.9 cm³/mol. The molecule has 86 valence electrons. The maximum Gasteiger partial charge on any atom is 0.335 e. The largest absolute Gasteiger partial charge is 0.478 e. The van der Waals surface area contributed by atoms with Gasteiger partial charge in [-0.1, -0.05) is 12.0 Å². The number of amides is 1. The van der Waals surface area contributed by atoms with E-state index in [0.29, 0.717) is 12.2 Å². The summed E-state index contributed by atoms with van der Waals surface area (Å²) in [5, 5.41) is 8.91. The Labute approximate surface area is 98.9 Å².